The van der Waals surface area contributed by atoms with Gasteiger partial charge < -0.3 is 34.5 Å². The fourth-order valence-electron chi connectivity index (χ4n) is 7.62. The molecular formula is C41H49ClN6O9S2. The van der Waals surface area contributed by atoms with Crippen molar-refractivity contribution in [2.75, 3.05) is 33.6 Å². The molecule has 2 aliphatic heterocycles. The number of methoxy groups -OCH3 is 3. The number of likely N-dealkylation sites (tertiary alicyclic amines) is 1. The van der Waals surface area contributed by atoms with Crippen LogP contribution in [-0.2, 0) is 24.4 Å². The molecule has 0 bridgehead atoms. The summed E-state index contributed by atoms with van der Waals surface area (Å²) in [4.78, 5) is 54.0. The molecule has 2 aromatic carbocycles. The van der Waals surface area contributed by atoms with E-state index in [1.165, 1.54) is 36.0 Å². The number of aromatic nitrogens is 1. The van der Waals surface area contributed by atoms with Gasteiger partial charge in [0, 0.05) is 45.5 Å². The number of thioether (sulfide) groups is 1. The minimum Gasteiger partial charge on any atom is -0.497 e. The highest BCUT2D eigenvalue weighted by molar-refractivity contribution is 8.14. The number of hydrogen-bond donors (Lipinski definition) is 3. The Morgan fingerprint density at radius 3 is 2.44 bits per heavy atom. The quantitative estimate of drug-likeness (QED) is 0.189. The Labute approximate surface area is 353 Å². The van der Waals surface area contributed by atoms with E-state index in [0.717, 1.165) is 5.56 Å². The van der Waals surface area contributed by atoms with E-state index < -0.39 is 62.1 Å². The van der Waals surface area contributed by atoms with Gasteiger partial charge in [-0.1, -0.05) is 50.2 Å². The van der Waals surface area contributed by atoms with Crippen molar-refractivity contribution in [2.45, 2.75) is 81.5 Å². The number of sulfonamides is 1. The fourth-order valence-corrected chi connectivity index (χ4v) is 10.1. The lowest BCUT2D eigenvalue weighted by molar-refractivity contribution is -0.142. The first-order valence-corrected chi connectivity index (χ1v) is 22.2. The molecule has 4 aliphatic rings. The first-order valence-electron chi connectivity index (χ1n) is 19.3. The highest BCUT2D eigenvalue weighted by Crippen LogP contribution is 2.46. The molecular weight excluding hydrogens is 820 g/mol. The molecule has 3 fully saturated rings. The molecule has 2 saturated carbocycles. The molecule has 1 saturated heterocycles. The number of fused-ring (bicyclic) bond motifs is 1. The molecule has 2 aliphatic carbocycles. The third-order valence-electron chi connectivity index (χ3n) is 11.2. The lowest BCUT2D eigenvalue weighted by atomic mass is 9.85. The van der Waals surface area contributed by atoms with E-state index in [1.54, 1.807) is 38.5 Å². The van der Waals surface area contributed by atoms with Gasteiger partial charge in [-0.3, -0.25) is 24.1 Å². The van der Waals surface area contributed by atoms with Gasteiger partial charge >= 0.3 is 0 Å². The van der Waals surface area contributed by atoms with Gasteiger partial charge in [0.1, 0.15) is 41.0 Å². The Balaban J connectivity index is 1.18. The lowest BCUT2D eigenvalue weighted by Gasteiger charge is -2.36. The van der Waals surface area contributed by atoms with E-state index >= 15 is 0 Å². The fraction of sp³-hybridized carbons (Fsp3) is 0.488. The third-order valence-corrected chi connectivity index (χ3v) is 14.2. The molecule has 59 heavy (non-hydrogen) atoms. The van der Waals surface area contributed by atoms with Crippen molar-refractivity contribution >= 4 is 67.0 Å². The molecule has 6 atom stereocenters. The van der Waals surface area contributed by atoms with Gasteiger partial charge in [-0.25, -0.2) is 13.4 Å². The summed E-state index contributed by atoms with van der Waals surface area (Å²) < 4.78 is 50.8. The number of nitrogens with one attached hydrogen (secondary N) is 3. The van der Waals surface area contributed by atoms with Crippen LogP contribution in [-0.4, -0.2) is 104 Å². The van der Waals surface area contributed by atoms with Gasteiger partial charge in [-0.05, 0) is 55.0 Å². The summed E-state index contributed by atoms with van der Waals surface area (Å²) >= 11 is 7.86. The van der Waals surface area contributed by atoms with Gasteiger partial charge in [0.25, 0.3) is 5.91 Å². The molecule has 3 amide bonds. The summed E-state index contributed by atoms with van der Waals surface area (Å²) in [7, 11) is 0.800. The molecule has 15 nitrogen and oxygen atoms in total. The van der Waals surface area contributed by atoms with Crippen LogP contribution in [0.3, 0.4) is 0 Å². The number of rotatable bonds is 14. The van der Waals surface area contributed by atoms with E-state index in [2.05, 4.69) is 26.9 Å². The predicted octanol–water partition coefficient (Wildman–Crippen LogP) is 4.78. The third kappa shape index (κ3) is 8.64. The number of benzene rings is 2. The minimum atomic E-state index is -3.91. The normalized spacial score (nSPS) is 24.5. The Kier molecular flexibility index (Phi) is 11.8. The maximum absolute atomic E-state index is 15.0. The first kappa shape index (κ1) is 42.4. The second-order valence-electron chi connectivity index (χ2n) is 16.3. The van der Waals surface area contributed by atoms with Crippen molar-refractivity contribution in [3.63, 3.8) is 0 Å². The van der Waals surface area contributed by atoms with Crippen molar-refractivity contribution in [1.29, 1.82) is 0 Å². The van der Waals surface area contributed by atoms with E-state index in [4.69, 9.17) is 35.5 Å². The topological polar surface area (TPSA) is 187 Å². The molecule has 18 heteroatoms. The second-order valence-corrected chi connectivity index (χ2v) is 19.7. The molecule has 3 N–H and O–H groups in total. The SMILES string of the molecule is C=C[C@@H]1C[C@]1(NC(=O)[C@@H]1C[C@@H](Oc2ncc(OC)c3ccc(Cl)cc23)CN1C(=O)[C@@H](NC1=NC(c2ccc(OC)cc2OC)CS1)C(C)(C)C)C(=O)NS(=O)(=O)C1CC1. The molecule has 3 aromatic rings. The van der Waals surface area contributed by atoms with Gasteiger partial charge in [-0.15, -0.1) is 6.58 Å². The summed E-state index contributed by atoms with van der Waals surface area (Å²) in [6.07, 6.45) is 3.44. The van der Waals surface area contributed by atoms with Crippen LogP contribution < -0.4 is 34.3 Å². The number of halogens is 1. The lowest BCUT2D eigenvalue weighted by Crippen LogP contribution is -2.60. The Morgan fingerprint density at radius 1 is 1.05 bits per heavy atom. The largest absolute Gasteiger partial charge is 0.497 e. The van der Waals surface area contributed by atoms with Crippen molar-refractivity contribution in [1.82, 2.24) is 25.2 Å². The van der Waals surface area contributed by atoms with Gasteiger partial charge in [0.05, 0.1) is 45.4 Å². The molecule has 1 unspecified atom stereocenters. The van der Waals surface area contributed by atoms with Crippen LogP contribution in [0.25, 0.3) is 10.8 Å². The number of hydrogen-bond acceptors (Lipinski definition) is 13. The van der Waals surface area contributed by atoms with Crippen LogP contribution in [0.2, 0.25) is 5.02 Å². The Morgan fingerprint density at radius 2 is 1.80 bits per heavy atom. The Bertz CT molecular complexity index is 2320. The average molecular weight is 869 g/mol. The molecule has 3 heterocycles. The summed E-state index contributed by atoms with van der Waals surface area (Å²) in [5.41, 5.74) is -1.36. The molecule has 0 spiro atoms. The van der Waals surface area contributed by atoms with E-state index in [1.807, 2.05) is 32.9 Å². The summed E-state index contributed by atoms with van der Waals surface area (Å²) in [6, 6.07) is 8.56. The van der Waals surface area contributed by atoms with Crippen LogP contribution in [0.5, 0.6) is 23.1 Å². The monoisotopic (exact) mass is 868 g/mol. The number of ether oxygens (including phenoxy) is 4. The van der Waals surface area contributed by atoms with Crippen molar-refractivity contribution in [3.05, 3.63) is 65.8 Å². The van der Waals surface area contributed by atoms with Crippen molar-refractivity contribution in [2.24, 2.45) is 16.3 Å². The number of pyridine rings is 1. The second kappa shape index (κ2) is 16.4. The Hall–Kier alpha value is -4.74. The molecule has 0 radical (unpaired) electrons. The smallest absolute Gasteiger partial charge is 0.259 e. The van der Waals surface area contributed by atoms with Crippen LogP contribution in [0, 0.1) is 11.3 Å². The summed E-state index contributed by atoms with van der Waals surface area (Å²) in [6.45, 7) is 9.56. The number of nitrogens with zero attached hydrogens (tertiary/aromatic N) is 3. The van der Waals surface area contributed by atoms with Crippen LogP contribution in [0.15, 0.2) is 60.2 Å². The van der Waals surface area contributed by atoms with Crippen molar-refractivity contribution < 1.29 is 41.7 Å². The van der Waals surface area contributed by atoms with E-state index in [-0.39, 0.29) is 37.2 Å². The highest BCUT2D eigenvalue weighted by atomic mass is 35.5. The molecule has 7 rings (SSSR count). The van der Waals surface area contributed by atoms with Gasteiger partial charge in [0.15, 0.2) is 5.17 Å². The number of amidine groups is 1. The predicted molar refractivity (Wildman–Crippen MR) is 226 cm³/mol. The number of carbonyl (C=O) groups is 3. The molecule has 1 aromatic heterocycles. The summed E-state index contributed by atoms with van der Waals surface area (Å²) in [5, 5.41) is 7.90. The van der Waals surface area contributed by atoms with Crippen molar-refractivity contribution in [3.8, 4) is 23.1 Å². The first-order chi connectivity index (χ1) is 28.0. The zero-order valence-corrected chi connectivity index (χ0v) is 36.1. The number of amides is 3. The van der Waals surface area contributed by atoms with Crippen LogP contribution >= 0.6 is 23.4 Å². The minimum absolute atomic E-state index is 0.00756. The van der Waals surface area contributed by atoms with E-state index in [9.17, 15) is 22.8 Å². The van der Waals surface area contributed by atoms with Crippen LogP contribution in [0.1, 0.15) is 58.1 Å². The zero-order valence-electron chi connectivity index (χ0n) is 33.7. The number of aliphatic imine (C=N–C) groups is 1. The maximum Gasteiger partial charge on any atom is 0.259 e. The molecule has 316 valence electrons. The highest BCUT2D eigenvalue weighted by Gasteiger charge is 2.62. The standard InChI is InChI=1S/C41H49ClN6O9S2/c1-8-22-18-41(22,38(51)47-59(52,53)26-11-12-26)46-35(49)31-16-25(57-36-29-15-23(42)9-13-27(29)33(56-7)19-43-36)20-48(31)37(50)34(40(2,3)4)45-39-44-30(21-58-39)28-14-10-24(54-5)17-32(28)55-6/h8-10,13-15,17,19,22,25-26,30-31,34H,1,11-12,16,18,20-21H2,2-7H3,(H,44,45)(H,46,49)(H,47,51)/t22-,25-,30?,31+,34-,41-/m1/s1. The maximum atomic E-state index is 15.0. The summed E-state index contributed by atoms with van der Waals surface area (Å²) in [5.74, 6) is 0.263. The van der Waals surface area contributed by atoms with Gasteiger partial charge in [-0.2, -0.15) is 0 Å². The van der Waals surface area contributed by atoms with E-state index in [0.29, 0.717) is 56.8 Å². The zero-order chi connectivity index (χ0) is 42.4. The van der Waals surface area contributed by atoms with Crippen LogP contribution in [0.4, 0.5) is 0 Å². The average Bonchev–Trinajstić information content (AvgIpc) is 4.10. The van der Waals surface area contributed by atoms with Gasteiger partial charge in [0.2, 0.25) is 27.7 Å². The number of carbonyl (C=O) groups excluding carboxylic acids is 3.